The van der Waals surface area contributed by atoms with Gasteiger partial charge in [-0.15, -0.1) is 0 Å². The Balaban J connectivity index is 1.96. The molecule has 1 N–H and O–H groups in total. The van der Waals surface area contributed by atoms with Crippen molar-refractivity contribution >= 4 is 34.7 Å². The molecular formula is C29H29ClN2O4. The molecule has 1 saturated heterocycles. The van der Waals surface area contributed by atoms with E-state index in [-0.39, 0.29) is 16.7 Å². The molecule has 1 aliphatic heterocycles. The lowest BCUT2D eigenvalue weighted by Gasteiger charge is -2.27. The van der Waals surface area contributed by atoms with E-state index in [2.05, 4.69) is 4.98 Å². The van der Waals surface area contributed by atoms with Gasteiger partial charge in [-0.2, -0.15) is 0 Å². The lowest BCUT2D eigenvalue weighted by Crippen LogP contribution is -2.30. The van der Waals surface area contributed by atoms with Crippen LogP contribution in [-0.2, 0) is 15.0 Å². The van der Waals surface area contributed by atoms with Crippen molar-refractivity contribution in [3.8, 4) is 5.75 Å². The fourth-order valence-corrected chi connectivity index (χ4v) is 4.66. The van der Waals surface area contributed by atoms with Crippen LogP contribution in [0.5, 0.6) is 5.75 Å². The minimum absolute atomic E-state index is 0.00334. The highest BCUT2D eigenvalue weighted by atomic mass is 35.5. The molecule has 2 heterocycles. The summed E-state index contributed by atoms with van der Waals surface area (Å²) in [5, 5.41) is 12.0. The number of benzene rings is 2. The van der Waals surface area contributed by atoms with Gasteiger partial charge in [0.1, 0.15) is 11.5 Å². The SMILES string of the molecule is CCOc1ccc(/C(O)=C2\C(=O)C(=O)N(c3cccc(Cl)c3C)C2c2cccnc2)cc1C(C)(C)C. The van der Waals surface area contributed by atoms with Gasteiger partial charge < -0.3 is 9.84 Å². The zero-order valence-corrected chi connectivity index (χ0v) is 21.8. The largest absolute Gasteiger partial charge is 0.507 e. The van der Waals surface area contributed by atoms with Crippen LogP contribution in [0.2, 0.25) is 5.02 Å². The Hall–Kier alpha value is -3.64. The molecule has 0 bridgehead atoms. The van der Waals surface area contributed by atoms with Crippen molar-refractivity contribution < 1.29 is 19.4 Å². The third kappa shape index (κ3) is 4.49. The third-order valence-electron chi connectivity index (χ3n) is 6.30. The first kappa shape index (κ1) is 25.5. The Labute approximate surface area is 216 Å². The molecule has 0 spiro atoms. The topological polar surface area (TPSA) is 79.7 Å². The van der Waals surface area contributed by atoms with Gasteiger partial charge in [-0.3, -0.25) is 19.5 Å². The summed E-state index contributed by atoms with van der Waals surface area (Å²) in [5.74, 6) is -1.05. The van der Waals surface area contributed by atoms with Gasteiger partial charge in [0.25, 0.3) is 11.7 Å². The molecule has 2 aromatic carbocycles. The van der Waals surface area contributed by atoms with E-state index in [4.69, 9.17) is 16.3 Å². The number of hydrogen-bond acceptors (Lipinski definition) is 5. The first-order chi connectivity index (χ1) is 17.1. The smallest absolute Gasteiger partial charge is 0.300 e. The van der Waals surface area contributed by atoms with Gasteiger partial charge in [0.15, 0.2) is 0 Å². The van der Waals surface area contributed by atoms with Gasteiger partial charge >= 0.3 is 0 Å². The number of rotatable bonds is 5. The number of halogens is 1. The Morgan fingerprint density at radius 3 is 2.53 bits per heavy atom. The van der Waals surface area contributed by atoms with Gasteiger partial charge in [0.2, 0.25) is 0 Å². The molecule has 0 saturated carbocycles. The van der Waals surface area contributed by atoms with Crippen molar-refractivity contribution in [2.24, 2.45) is 0 Å². The van der Waals surface area contributed by atoms with Crippen LogP contribution in [0.3, 0.4) is 0 Å². The molecule has 0 radical (unpaired) electrons. The predicted molar refractivity (Wildman–Crippen MR) is 142 cm³/mol. The molecule has 3 aromatic rings. The number of aliphatic hydroxyl groups excluding tert-OH is 1. The number of ketones is 1. The van der Waals surface area contributed by atoms with Crippen molar-refractivity contribution in [1.82, 2.24) is 4.98 Å². The number of nitrogens with zero attached hydrogens (tertiary/aromatic N) is 2. The van der Waals surface area contributed by atoms with Crippen LogP contribution in [-0.4, -0.2) is 28.4 Å². The number of ether oxygens (including phenoxy) is 1. The number of anilines is 1. The maximum absolute atomic E-state index is 13.4. The van der Waals surface area contributed by atoms with Gasteiger partial charge in [-0.25, -0.2) is 0 Å². The van der Waals surface area contributed by atoms with Crippen LogP contribution in [0.4, 0.5) is 5.69 Å². The summed E-state index contributed by atoms with van der Waals surface area (Å²) in [4.78, 5) is 32.5. The Kier molecular flexibility index (Phi) is 6.92. The first-order valence-corrected chi connectivity index (χ1v) is 12.2. The summed E-state index contributed by atoms with van der Waals surface area (Å²) in [6, 6.07) is 13.1. The number of pyridine rings is 1. The van der Waals surface area contributed by atoms with E-state index in [0.717, 1.165) is 5.56 Å². The van der Waals surface area contributed by atoms with Crippen LogP contribution in [0, 0.1) is 6.92 Å². The maximum atomic E-state index is 13.4. The third-order valence-corrected chi connectivity index (χ3v) is 6.71. The quantitative estimate of drug-likeness (QED) is 0.248. The Morgan fingerprint density at radius 1 is 1.14 bits per heavy atom. The summed E-state index contributed by atoms with van der Waals surface area (Å²) in [6.45, 7) is 10.3. The molecular weight excluding hydrogens is 476 g/mol. The monoisotopic (exact) mass is 504 g/mol. The minimum atomic E-state index is -0.875. The van der Waals surface area contributed by atoms with Crippen LogP contribution in [0.1, 0.15) is 56.0 Å². The molecule has 1 aliphatic rings. The molecule has 0 aliphatic carbocycles. The minimum Gasteiger partial charge on any atom is -0.507 e. The normalized spacial score (nSPS) is 17.5. The van der Waals surface area contributed by atoms with Gasteiger partial charge in [-0.1, -0.05) is 44.5 Å². The first-order valence-electron chi connectivity index (χ1n) is 11.8. The molecule has 1 fully saturated rings. The number of hydrogen-bond donors (Lipinski definition) is 1. The Bertz CT molecular complexity index is 1360. The summed E-state index contributed by atoms with van der Waals surface area (Å²) >= 11 is 6.36. The zero-order valence-electron chi connectivity index (χ0n) is 21.0. The van der Waals surface area contributed by atoms with Gasteiger partial charge in [0, 0.05) is 34.2 Å². The van der Waals surface area contributed by atoms with Gasteiger partial charge in [0.05, 0.1) is 18.2 Å². The zero-order chi connectivity index (χ0) is 26.2. The number of amides is 1. The van der Waals surface area contributed by atoms with Crippen molar-refractivity contribution in [3.63, 3.8) is 0 Å². The average Bonchev–Trinajstić information content (AvgIpc) is 3.11. The lowest BCUT2D eigenvalue weighted by molar-refractivity contribution is -0.132. The standard InChI is InChI=1S/C29H29ClN2O4/c1-6-36-23-13-12-18(15-20(23)29(3,4)5)26(33)24-25(19-9-8-14-31-16-19)32(28(35)27(24)34)22-11-7-10-21(30)17(22)2/h7-16,25,33H,6H2,1-5H3/b26-24+. The molecule has 36 heavy (non-hydrogen) atoms. The average molecular weight is 505 g/mol. The predicted octanol–water partition coefficient (Wildman–Crippen LogP) is 6.37. The van der Waals surface area contributed by atoms with Gasteiger partial charge in [-0.05, 0) is 66.8 Å². The fourth-order valence-electron chi connectivity index (χ4n) is 4.49. The second-order valence-corrected chi connectivity index (χ2v) is 10.1. The molecule has 1 amide bonds. The highest BCUT2D eigenvalue weighted by molar-refractivity contribution is 6.52. The summed E-state index contributed by atoms with van der Waals surface area (Å²) in [6.07, 6.45) is 3.21. The molecule has 1 aromatic heterocycles. The molecule has 1 unspecified atom stereocenters. The molecule has 4 rings (SSSR count). The van der Waals surface area contributed by atoms with Crippen molar-refractivity contribution in [2.75, 3.05) is 11.5 Å². The molecule has 1 atom stereocenters. The van der Waals surface area contributed by atoms with Crippen LogP contribution in [0.15, 0.2) is 66.5 Å². The van der Waals surface area contributed by atoms with E-state index in [1.807, 2.05) is 33.8 Å². The van der Waals surface area contributed by atoms with Crippen molar-refractivity contribution in [3.05, 3.63) is 93.8 Å². The van der Waals surface area contributed by atoms with E-state index in [9.17, 15) is 14.7 Å². The second kappa shape index (κ2) is 9.78. The van der Waals surface area contributed by atoms with Crippen molar-refractivity contribution in [2.45, 2.75) is 46.1 Å². The molecule has 6 nitrogen and oxygen atoms in total. The van der Waals surface area contributed by atoms with Crippen LogP contribution < -0.4 is 9.64 Å². The lowest BCUT2D eigenvalue weighted by atomic mass is 9.84. The van der Waals surface area contributed by atoms with Crippen molar-refractivity contribution in [1.29, 1.82) is 0 Å². The number of Topliss-reactive ketones (excluding diaryl/α,β-unsaturated/α-hetero) is 1. The van der Waals surface area contributed by atoms with E-state index in [1.165, 1.54) is 4.90 Å². The van der Waals surface area contributed by atoms with Crippen LogP contribution in [0.25, 0.3) is 5.76 Å². The summed E-state index contributed by atoms with van der Waals surface area (Å²) < 4.78 is 5.80. The number of carbonyl (C=O) groups excluding carboxylic acids is 2. The van der Waals surface area contributed by atoms with Crippen LogP contribution >= 0.6 is 11.6 Å². The summed E-state index contributed by atoms with van der Waals surface area (Å²) in [7, 11) is 0. The number of aromatic nitrogens is 1. The van der Waals surface area contributed by atoms with E-state index >= 15 is 0 Å². The highest BCUT2D eigenvalue weighted by Crippen LogP contribution is 2.44. The number of carbonyl (C=O) groups is 2. The fraction of sp³-hybridized carbons (Fsp3) is 0.276. The van der Waals surface area contributed by atoms with E-state index in [1.54, 1.807) is 61.8 Å². The van der Waals surface area contributed by atoms with E-state index in [0.29, 0.717) is 39.8 Å². The molecule has 7 heteroatoms. The molecule has 186 valence electrons. The second-order valence-electron chi connectivity index (χ2n) is 9.73. The highest BCUT2D eigenvalue weighted by Gasteiger charge is 2.47. The Morgan fingerprint density at radius 2 is 1.89 bits per heavy atom. The van der Waals surface area contributed by atoms with E-state index < -0.39 is 17.7 Å². The number of aliphatic hydroxyl groups is 1. The summed E-state index contributed by atoms with van der Waals surface area (Å²) in [5.41, 5.74) is 2.78. The maximum Gasteiger partial charge on any atom is 0.300 e.